The van der Waals surface area contributed by atoms with Gasteiger partial charge in [0.25, 0.3) is 5.91 Å². The molecule has 2 N–H and O–H groups in total. The van der Waals surface area contributed by atoms with E-state index >= 15 is 0 Å². The van der Waals surface area contributed by atoms with Crippen LogP contribution in [0.3, 0.4) is 0 Å². The Bertz CT molecular complexity index is 786. The Morgan fingerprint density at radius 1 is 1.24 bits per heavy atom. The Balaban J connectivity index is 1.38. The molecule has 2 fully saturated rings. The van der Waals surface area contributed by atoms with Crippen molar-refractivity contribution in [3.63, 3.8) is 0 Å². The predicted octanol–water partition coefficient (Wildman–Crippen LogP) is 2.47. The van der Waals surface area contributed by atoms with Gasteiger partial charge in [0.15, 0.2) is 5.69 Å². The second-order valence-electron chi connectivity index (χ2n) is 7.44. The topological polar surface area (TPSA) is 78.1 Å². The normalized spacial score (nSPS) is 26.5. The fraction of sp³-hybridized carbons (Fsp3) is 0.526. The SMILES string of the molecule is CN1[C@@H]2CCC[C@H]1CC(CC(=O)NC(=O)c1n[nH]c3ccccc13)C2. The highest BCUT2D eigenvalue weighted by Gasteiger charge is 2.36. The van der Waals surface area contributed by atoms with E-state index in [9.17, 15) is 9.59 Å². The molecule has 4 rings (SSSR count). The third-order valence-corrected chi connectivity index (χ3v) is 5.85. The number of benzene rings is 1. The molecule has 0 radical (unpaired) electrons. The van der Waals surface area contributed by atoms with Crippen molar-refractivity contribution in [1.82, 2.24) is 20.4 Å². The molecule has 0 saturated carbocycles. The van der Waals surface area contributed by atoms with E-state index in [4.69, 9.17) is 0 Å². The number of carbonyl (C=O) groups excluding carboxylic acids is 2. The van der Waals surface area contributed by atoms with Crippen molar-refractivity contribution >= 4 is 22.7 Å². The first-order chi connectivity index (χ1) is 12.1. The van der Waals surface area contributed by atoms with E-state index in [-0.39, 0.29) is 11.6 Å². The highest BCUT2D eigenvalue weighted by Crippen LogP contribution is 2.37. The summed E-state index contributed by atoms with van der Waals surface area (Å²) in [6.45, 7) is 0. The van der Waals surface area contributed by atoms with Crippen molar-refractivity contribution in [2.45, 2.75) is 50.6 Å². The van der Waals surface area contributed by atoms with Crippen LogP contribution in [0.1, 0.15) is 49.0 Å². The van der Waals surface area contributed by atoms with Gasteiger partial charge in [0.2, 0.25) is 5.91 Å². The predicted molar refractivity (Wildman–Crippen MR) is 95.1 cm³/mol. The number of fused-ring (bicyclic) bond motifs is 3. The summed E-state index contributed by atoms with van der Waals surface area (Å²) >= 11 is 0. The molecule has 6 heteroatoms. The second-order valence-corrected chi connectivity index (χ2v) is 7.44. The first-order valence-electron chi connectivity index (χ1n) is 9.11. The van der Waals surface area contributed by atoms with Gasteiger partial charge < -0.3 is 4.90 Å². The number of para-hydroxylation sites is 1. The Morgan fingerprint density at radius 3 is 2.72 bits per heavy atom. The summed E-state index contributed by atoms with van der Waals surface area (Å²) in [6.07, 6.45) is 6.28. The Labute approximate surface area is 147 Å². The maximum Gasteiger partial charge on any atom is 0.278 e. The van der Waals surface area contributed by atoms with E-state index in [1.807, 2.05) is 24.3 Å². The van der Waals surface area contributed by atoms with Crippen molar-refractivity contribution in [2.75, 3.05) is 7.05 Å². The molecule has 2 bridgehead atoms. The van der Waals surface area contributed by atoms with Gasteiger partial charge in [0.05, 0.1) is 5.52 Å². The van der Waals surface area contributed by atoms with E-state index in [1.165, 1.54) is 19.3 Å². The molecule has 25 heavy (non-hydrogen) atoms. The minimum absolute atomic E-state index is 0.190. The number of nitrogens with one attached hydrogen (secondary N) is 2. The summed E-state index contributed by atoms with van der Waals surface area (Å²) in [5, 5.41) is 10.1. The standard InChI is InChI=1S/C19H24N4O2/c1-23-13-5-4-6-14(23)10-12(9-13)11-17(24)20-19(25)18-15-7-2-3-8-16(15)21-22-18/h2-3,7-8,12-14H,4-6,9-11H2,1H3,(H,21,22)(H,20,24,25)/t12?,13-,14+. The minimum Gasteiger partial charge on any atom is -0.300 e. The number of hydrogen-bond donors (Lipinski definition) is 2. The molecule has 0 aliphatic carbocycles. The maximum absolute atomic E-state index is 12.4. The second kappa shape index (κ2) is 6.59. The van der Waals surface area contributed by atoms with Gasteiger partial charge in [-0.1, -0.05) is 24.6 Å². The first kappa shape index (κ1) is 16.3. The average Bonchev–Trinajstić information content (AvgIpc) is 3.00. The van der Waals surface area contributed by atoms with E-state index < -0.39 is 5.91 Å². The molecule has 1 aromatic heterocycles. The number of piperidine rings is 2. The Hall–Kier alpha value is -2.21. The molecule has 3 heterocycles. The van der Waals surface area contributed by atoms with Crippen LogP contribution in [0.2, 0.25) is 0 Å². The van der Waals surface area contributed by atoms with Gasteiger partial charge in [0, 0.05) is 23.9 Å². The largest absolute Gasteiger partial charge is 0.300 e. The van der Waals surface area contributed by atoms with E-state index in [0.717, 1.165) is 23.7 Å². The number of aromatic amines is 1. The van der Waals surface area contributed by atoms with Gasteiger partial charge in [-0.3, -0.25) is 20.0 Å². The number of carbonyl (C=O) groups is 2. The van der Waals surface area contributed by atoms with Crippen molar-refractivity contribution in [3.05, 3.63) is 30.0 Å². The van der Waals surface area contributed by atoms with Crippen LogP contribution in [0.25, 0.3) is 10.9 Å². The highest BCUT2D eigenvalue weighted by molar-refractivity contribution is 6.10. The lowest BCUT2D eigenvalue weighted by Gasteiger charge is -2.47. The van der Waals surface area contributed by atoms with Gasteiger partial charge in [0.1, 0.15) is 0 Å². The zero-order valence-corrected chi connectivity index (χ0v) is 14.5. The summed E-state index contributed by atoms with van der Waals surface area (Å²) in [7, 11) is 2.21. The molecule has 2 aromatic rings. The molecule has 132 valence electrons. The van der Waals surface area contributed by atoms with Crippen LogP contribution in [0.5, 0.6) is 0 Å². The van der Waals surface area contributed by atoms with Gasteiger partial charge in [-0.05, 0) is 44.7 Å². The van der Waals surface area contributed by atoms with Gasteiger partial charge in [-0.15, -0.1) is 0 Å². The van der Waals surface area contributed by atoms with Gasteiger partial charge in [-0.2, -0.15) is 5.10 Å². The fourth-order valence-corrected chi connectivity index (χ4v) is 4.53. The third-order valence-electron chi connectivity index (χ3n) is 5.85. The number of hydrogen-bond acceptors (Lipinski definition) is 4. The van der Waals surface area contributed by atoms with Crippen molar-refractivity contribution in [2.24, 2.45) is 5.92 Å². The number of H-pyrrole nitrogens is 1. The van der Waals surface area contributed by atoms with Crippen LogP contribution in [0.15, 0.2) is 24.3 Å². The highest BCUT2D eigenvalue weighted by atomic mass is 16.2. The molecule has 2 aliphatic rings. The number of nitrogens with zero attached hydrogens (tertiary/aromatic N) is 2. The molecule has 1 unspecified atom stereocenters. The Kier molecular flexibility index (Phi) is 4.29. The van der Waals surface area contributed by atoms with Gasteiger partial charge >= 0.3 is 0 Å². The van der Waals surface area contributed by atoms with Gasteiger partial charge in [-0.25, -0.2) is 0 Å². The Morgan fingerprint density at radius 2 is 1.96 bits per heavy atom. The third kappa shape index (κ3) is 3.18. The molecule has 0 spiro atoms. The fourth-order valence-electron chi connectivity index (χ4n) is 4.53. The molecule has 1 aromatic carbocycles. The van der Waals surface area contributed by atoms with Crippen molar-refractivity contribution < 1.29 is 9.59 Å². The number of amides is 2. The van der Waals surface area contributed by atoms with Crippen molar-refractivity contribution in [3.8, 4) is 0 Å². The monoisotopic (exact) mass is 340 g/mol. The summed E-state index contributed by atoms with van der Waals surface area (Å²) in [6, 6.07) is 8.61. The van der Waals surface area contributed by atoms with Crippen LogP contribution in [-0.2, 0) is 4.79 Å². The minimum atomic E-state index is -0.421. The summed E-state index contributed by atoms with van der Waals surface area (Å²) in [5.74, 6) is -0.240. The molecular weight excluding hydrogens is 316 g/mol. The average molecular weight is 340 g/mol. The molecule has 2 aliphatic heterocycles. The summed E-state index contributed by atoms with van der Waals surface area (Å²) < 4.78 is 0. The quantitative estimate of drug-likeness (QED) is 0.900. The zero-order valence-electron chi connectivity index (χ0n) is 14.5. The molecular formula is C19H24N4O2. The van der Waals surface area contributed by atoms with E-state index in [1.54, 1.807) is 0 Å². The van der Waals surface area contributed by atoms with Crippen LogP contribution in [-0.4, -0.2) is 46.0 Å². The maximum atomic E-state index is 12.4. The van der Waals surface area contributed by atoms with Crippen LogP contribution >= 0.6 is 0 Å². The lowest BCUT2D eigenvalue weighted by molar-refractivity contribution is -0.121. The number of aromatic nitrogens is 2. The van der Waals surface area contributed by atoms with Crippen LogP contribution in [0.4, 0.5) is 0 Å². The lowest BCUT2D eigenvalue weighted by Crippen LogP contribution is -2.50. The van der Waals surface area contributed by atoms with Crippen LogP contribution in [0, 0.1) is 5.92 Å². The van der Waals surface area contributed by atoms with E-state index in [0.29, 0.717) is 24.4 Å². The van der Waals surface area contributed by atoms with E-state index in [2.05, 4.69) is 27.5 Å². The van der Waals surface area contributed by atoms with Crippen molar-refractivity contribution in [1.29, 1.82) is 0 Å². The number of imide groups is 1. The van der Waals surface area contributed by atoms with Crippen LogP contribution < -0.4 is 5.32 Å². The molecule has 3 atom stereocenters. The molecule has 2 saturated heterocycles. The summed E-state index contributed by atoms with van der Waals surface area (Å²) in [5.41, 5.74) is 1.08. The zero-order chi connectivity index (χ0) is 17.4. The number of rotatable bonds is 3. The smallest absolute Gasteiger partial charge is 0.278 e. The lowest BCUT2D eigenvalue weighted by atomic mass is 9.77. The first-order valence-corrected chi connectivity index (χ1v) is 9.11. The summed E-state index contributed by atoms with van der Waals surface area (Å²) in [4.78, 5) is 27.3. The molecule has 2 amide bonds. The molecule has 6 nitrogen and oxygen atoms in total.